The molecule has 34 heavy (non-hydrogen) atoms. The van der Waals surface area contributed by atoms with Crippen LogP contribution in [-0.2, 0) is 9.59 Å². The fourth-order valence-corrected chi connectivity index (χ4v) is 3.96. The molecule has 2 amide bonds. The average Bonchev–Trinajstić information content (AvgIpc) is 3.09. The average molecular weight is 456 g/mol. The SMILES string of the molecule is CC(C)Oc1ccc(NC2=C(c3ccccc3)C(=O)N(c3ccc4c(c3)OCCO4)C2=O)cc1. The zero-order valence-electron chi connectivity index (χ0n) is 18.9. The summed E-state index contributed by atoms with van der Waals surface area (Å²) in [4.78, 5) is 28.3. The first kappa shape index (κ1) is 21.6. The number of amides is 2. The highest BCUT2D eigenvalue weighted by Gasteiger charge is 2.40. The second kappa shape index (κ2) is 8.94. The molecule has 0 saturated carbocycles. The monoisotopic (exact) mass is 456 g/mol. The molecule has 2 heterocycles. The van der Waals surface area contributed by atoms with E-state index in [-0.39, 0.29) is 11.8 Å². The van der Waals surface area contributed by atoms with Gasteiger partial charge >= 0.3 is 0 Å². The Hall–Kier alpha value is -4.26. The van der Waals surface area contributed by atoms with Crippen LogP contribution in [0.15, 0.2) is 78.5 Å². The van der Waals surface area contributed by atoms with Crippen LogP contribution in [0, 0.1) is 0 Å². The normalized spacial score (nSPS) is 15.2. The molecule has 0 bridgehead atoms. The van der Waals surface area contributed by atoms with Crippen LogP contribution in [-0.4, -0.2) is 31.1 Å². The maximum atomic E-state index is 13.6. The fraction of sp³-hybridized carbons (Fsp3) is 0.185. The van der Waals surface area contributed by atoms with Crippen LogP contribution >= 0.6 is 0 Å². The fourth-order valence-electron chi connectivity index (χ4n) is 3.96. The molecule has 1 N–H and O–H groups in total. The van der Waals surface area contributed by atoms with Crippen molar-refractivity contribution in [2.24, 2.45) is 0 Å². The van der Waals surface area contributed by atoms with Crippen molar-refractivity contribution in [1.29, 1.82) is 0 Å². The third-order valence-corrected chi connectivity index (χ3v) is 5.43. The standard InChI is InChI=1S/C27H24N2O5/c1-17(2)34-21-11-8-19(9-12-21)28-25-24(18-6-4-3-5-7-18)26(30)29(27(25)31)20-10-13-22-23(16-20)33-15-14-32-22/h3-13,16-17,28H,14-15H2,1-2H3. The molecule has 0 radical (unpaired) electrons. The molecule has 3 aromatic carbocycles. The zero-order valence-corrected chi connectivity index (χ0v) is 18.9. The zero-order chi connectivity index (χ0) is 23.7. The first-order valence-corrected chi connectivity index (χ1v) is 11.1. The van der Waals surface area contributed by atoms with E-state index in [0.717, 1.165) is 5.75 Å². The van der Waals surface area contributed by atoms with Gasteiger partial charge < -0.3 is 19.5 Å². The molecule has 5 rings (SSSR count). The molecule has 0 unspecified atom stereocenters. The molecule has 2 aliphatic rings. The summed E-state index contributed by atoms with van der Waals surface area (Å²) in [6.45, 7) is 4.79. The second-order valence-corrected chi connectivity index (χ2v) is 8.21. The third kappa shape index (κ3) is 4.08. The highest BCUT2D eigenvalue weighted by Crippen LogP contribution is 2.38. The van der Waals surface area contributed by atoms with Crippen molar-refractivity contribution in [3.8, 4) is 17.2 Å². The summed E-state index contributed by atoms with van der Waals surface area (Å²) in [6.07, 6.45) is 0.0554. The van der Waals surface area contributed by atoms with E-state index in [4.69, 9.17) is 14.2 Å². The first-order valence-electron chi connectivity index (χ1n) is 11.1. The first-order chi connectivity index (χ1) is 16.5. The van der Waals surface area contributed by atoms with Gasteiger partial charge in [-0.1, -0.05) is 30.3 Å². The van der Waals surface area contributed by atoms with Gasteiger partial charge in [-0.3, -0.25) is 9.59 Å². The number of carbonyl (C=O) groups excluding carboxylic acids is 2. The summed E-state index contributed by atoms with van der Waals surface area (Å²) >= 11 is 0. The molecule has 3 aromatic rings. The number of benzene rings is 3. The van der Waals surface area contributed by atoms with E-state index < -0.39 is 11.8 Å². The molecule has 2 aliphatic heterocycles. The third-order valence-electron chi connectivity index (χ3n) is 5.43. The summed E-state index contributed by atoms with van der Waals surface area (Å²) in [5.74, 6) is 0.975. The predicted octanol–water partition coefficient (Wildman–Crippen LogP) is 4.64. The van der Waals surface area contributed by atoms with Gasteiger partial charge in [-0.25, -0.2) is 4.90 Å². The van der Waals surface area contributed by atoms with Crippen molar-refractivity contribution < 1.29 is 23.8 Å². The van der Waals surface area contributed by atoms with Gasteiger partial charge in [0.25, 0.3) is 11.8 Å². The minimum absolute atomic E-state index is 0.0554. The van der Waals surface area contributed by atoms with Crippen LogP contribution in [0.2, 0.25) is 0 Å². The largest absolute Gasteiger partial charge is 0.491 e. The van der Waals surface area contributed by atoms with Crippen molar-refractivity contribution in [3.63, 3.8) is 0 Å². The van der Waals surface area contributed by atoms with E-state index in [2.05, 4.69) is 5.32 Å². The minimum Gasteiger partial charge on any atom is -0.491 e. The highest BCUT2D eigenvalue weighted by molar-refractivity contribution is 6.46. The molecule has 0 spiro atoms. The summed E-state index contributed by atoms with van der Waals surface area (Å²) < 4.78 is 16.9. The number of imide groups is 1. The molecule has 0 aromatic heterocycles. The van der Waals surface area contributed by atoms with Crippen molar-refractivity contribution in [2.45, 2.75) is 20.0 Å². The Morgan fingerprint density at radius 3 is 2.26 bits per heavy atom. The molecule has 0 saturated heterocycles. The lowest BCUT2D eigenvalue weighted by molar-refractivity contribution is -0.120. The summed E-state index contributed by atoms with van der Waals surface area (Å²) in [5, 5.41) is 3.17. The number of anilines is 2. The van der Waals surface area contributed by atoms with Crippen LogP contribution in [0.25, 0.3) is 5.57 Å². The Balaban J connectivity index is 1.51. The Kier molecular flexibility index (Phi) is 5.67. The van der Waals surface area contributed by atoms with Gasteiger partial charge in [-0.15, -0.1) is 0 Å². The molecular formula is C27H24N2O5. The Morgan fingerprint density at radius 1 is 0.853 bits per heavy atom. The van der Waals surface area contributed by atoms with E-state index in [9.17, 15) is 9.59 Å². The van der Waals surface area contributed by atoms with E-state index in [0.29, 0.717) is 47.2 Å². The van der Waals surface area contributed by atoms with Gasteiger partial charge in [0.1, 0.15) is 24.7 Å². The van der Waals surface area contributed by atoms with Crippen LogP contribution < -0.4 is 24.4 Å². The highest BCUT2D eigenvalue weighted by atomic mass is 16.6. The number of hydrogen-bond acceptors (Lipinski definition) is 6. The Labute approximate surface area is 197 Å². The molecule has 0 aliphatic carbocycles. The van der Waals surface area contributed by atoms with Crippen LogP contribution in [0.1, 0.15) is 19.4 Å². The predicted molar refractivity (Wildman–Crippen MR) is 129 cm³/mol. The van der Waals surface area contributed by atoms with Gasteiger partial charge in [-0.05, 0) is 55.8 Å². The minimum atomic E-state index is -0.442. The molecule has 0 atom stereocenters. The number of ether oxygens (including phenoxy) is 3. The smallest absolute Gasteiger partial charge is 0.282 e. The van der Waals surface area contributed by atoms with E-state index in [1.54, 1.807) is 18.2 Å². The lowest BCUT2D eigenvalue weighted by Crippen LogP contribution is -2.32. The van der Waals surface area contributed by atoms with Crippen molar-refractivity contribution in [2.75, 3.05) is 23.4 Å². The van der Waals surface area contributed by atoms with Gasteiger partial charge in [0.2, 0.25) is 0 Å². The van der Waals surface area contributed by atoms with Gasteiger partial charge in [0.15, 0.2) is 11.5 Å². The lowest BCUT2D eigenvalue weighted by atomic mass is 10.0. The number of rotatable bonds is 6. The van der Waals surface area contributed by atoms with Gasteiger partial charge in [-0.2, -0.15) is 0 Å². The number of nitrogens with one attached hydrogen (secondary N) is 1. The van der Waals surface area contributed by atoms with Crippen molar-refractivity contribution in [3.05, 3.63) is 84.1 Å². The number of carbonyl (C=O) groups is 2. The molecule has 0 fully saturated rings. The summed E-state index contributed by atoms with van der Waals surface area (Å²) in [7, 11) is 0. The number of hydrogen-bond donors (Lipinski definition) is 1. The van der Waals surface area contributed by atoms with Crippen molar-refractivity contribution >= 4 is 28.8 Å². The van der Waals surface area contributed by atoms with E-state index >= 15 is 0 Å². The molecule has 7 heteroatoms. The Bertz CT molecular complexity index is 1270. The van der Waals surface area contributed by atoms with Gasteiger partial charge in [0.05, 0.1) is 17.4 Å². The van der Waals surface area contributed by atoms with Crippen molar-refractivity contribution in [1.82, 2.24) is 0 Å². The van der Waals surface area contributed by atoms with E-state index in [1.165, 1.54) is 4.90 Å². The number of fused-ring (bicyclic) bond motifs is 1. The second-order valence-electron chi connectivity index (χ2n) is 8.21. The summed E-state index contributed by atoms with van der Waals surface area (Å²) in [6, 6.07) is 21.5. The molecule has 7 nitrogen and oxygen atoms in total. The molecular weight excluding hydrogens is 432 g/mol. The van der Waals surface area contributed by atoms with Crippen LogP contribution in [0.4, 0.5) is 11.4 Å². The van der Waals surface area contributed by atoms with Crippen LogP contribution in [0.5, 0.6) is 17.2 Å². The maximum Gasteiger partial charge on any atom is 0.282 e. The number of nitrogens with zero attached hydrogens (tertiary/aromatic N) is 1. The lowest BCUT2D eigenvalue weighted by Gasteiger charge is -2.21. The van der Waals surface area contributed by atoms with E-state index in [1.807, 2.05) is 68.4 Å². The maximum absolute atomic E-state index is 13.6. The topological polar surface area (TPSA) is 77.1 Å². The van der Waals surface area contributed by atoms with Gasteiger partial charge in [0, 0.05) is 11.8 Å². The van der Waals surface area contributed by atoms with Crippen LogP contribution in [0.3, 0.4) is 0 Å². The quantitative estimate of drug-likeness (QED) is 0.545. The Morgan fingerprint density at radius 2 is 1.56 bits per heavy atom. The summed E-state index contributed by atoms with van der Waals surface area (Å²) in [5.41, 5.74) is 2.27. The molecule has 172 valence electrons.